The Labute approximate surface area is 152 Å². The minimum Gasteiger partial charge on any atom is -0.378 e. The fourth-order valence-electron chi connectivity index (χ4n) is 3.60. The first kappa shape index (κ1) is 17.4. The molecule has 4 rings (SSSR count). The van der Waals surface area contributed by atoms with E-state index in [9.17, 15) is 9.59 Å². The van der Waals surface area contributed by atoms with E-state index < -0.39 is 5.79 Å². The number of aromatic nitrogens is 1. The smallest absolute Gasteiger partial charge is 0.272 e. The van der Waals surface area contributed by atoms with Gasteiger partial charge in [0, 0.05) is 39.0 Å². The summed E-state index contributed by atoms with van der Waals surface area (Å²) in [6, 6.07) is 5.02. The van der Waals surface area contributed by atoms with Crippen LogP contribution >= 0.6 is 0 Å². The molecule has 3 aliphatic heterocycles. The standard InChI is InChI=1S/C18H23N3O5/c22-16(20-6-4-18(5-7-20)25-12-13-26-18)14-2-1-3-15(19-14)17(23)21-8-10-24-11-9-21/h1-3H,4-13H2. The highest BCUT2D eigenvalue weighted by molar-refractivity contribution is 5.96. The van der Waals surface area contributed by atoms with Crippen molar-refractivity contribution in [1.82, 2.24) is 14.8 Å². The number of hydrogen-bond donors (Lipinski definition) is 0. The van der Waals surface area contributed by atoms with Gasteiger partial charge in [-0.05, 0) is 12.1 Å². The van der Waals surface area contributed by atoms with Gasteiger partial charge in [0.25, 0.3) is 11.8 Å². The minimum absolute atomic E-state index is 0.158. The molecule has 8 heteroatoms. The largest absolute Gasteiger partial charge is 0.378 e. The van der Waals surface area contributed by atoms with Gasteiger partial charge < -0.3 is 24.0 Å². The van der Waals surface area contributed by atoms with Crippen molar-refractivity contribution in [3.8, 4) is 0 Å². The fourth-order valence-corrected chi connectivity index (χ4v) is 3.60. The molecule has 0 aliphatic carbocycles. The highest BCUT2D eigenvalue weighted by Gasteiger charge is 2.41. The molecule has 0 bridgehead atoms. The summed E-state index contributed by atoms with van der Waals surface area (Å²) in [5.41, 5.74) is 0.599. The maximum Gasteiger partial charge on any atom is 0.272 e. The van der Waals surface area contributed by atoms with E-state index in [2.05, 4.69) is 4.98 Å². The molecule has 3 saturated heterocycles. The maximum absolute atomic E-state index is 12.8. The molecule has 3 fully saturated rings. The SMILES string of the molecule is O=C(c1cccc(C(=O)N2CCC3(CC2)OCCO3)n1)N1CCOCC1. The summed E-state index contributed by atoms with van der Waals surface area (Å²) in [5.74, 6) is -0.832. The van der Waals surface area contributed by atoms with Gasteiger partial charge in [0.2, 0.25) is 0 Å². The Bertz CT molecular complexity index is 673. The van der Waals surface area contributed by atoms with Crippen LogP contribution in [0.3, 0.4) is 0 Å². The lowest BCUT2D eigenvalue weighted by Gasteiger charge is -2.37. The second-order valence-electron chi connectivity index (χ2n) is 6.71. The maximum atomic E-state index is 12.8. The summed E-state index contributed by atoms with van der Waals surface area (Å²) in [6.07, 6.45) is 1.32. The van der Waals surface area contributed by atoms with E-state index in [1.807, 2.05) is 0 Å². The van der Waals surface area contributed by atoms with Gasteiger partial charge in [-0.25, -0.2) is 4.98 Å². The van der Waals surface area contributed by atoms with Gasteiger partial charge in [-0.15, -0.1) is 0 Å². The molecule has 0 unspecified atom stereocenters. The third-order valence-corrected chi connectivity index (χ3v) is 5.11. The number of pyridine rings is 1. The summed E-state index contributed by atoms with van der Waals surface area (Å²) in [5, 5.41) is 0. The normalized spacial score (nSPS) is 22.6. The number of ether oxygens (including phenoxy) is 3. The Morgan fingerprint density at radius 3 is 1.96 bits per heavy atom. The number of likely N-dealkylation sites (tertiary alicyclic amines) is 1. The highest BCUT2D eigenvalue weighted by Crippen LogP contribution is 2.31. The van der Waals surface area contributed by atoms with Crippen LogP contribution in [0.5, 0.6) is 0 Å². The molecule has 0 saturated carbocycles. The molecule has 2 amide bonds. The fraction of sp³-hybridized carbons (Fsp3) is 0.611. The number of nitrogens with zero attached hydrogens (tertiary/aromatic N) is 3. The van der Waals surface area contributed by atoms with E-state index in [4.69, 9.17) is 14.2 Å². The predicted molar refractivity (Wildman–Crippen MR) is 90.7 cm³/mol. The zero-order valence-electron chi connectivity index (χ0n) is 14.7. The monoisotopic (exact) mass is 361 g/mol. The van der Waals surface area contributed by atoms with Crippen LogP contribution < -0.4 is 0 Å². The Kier molecular flexibility index (Phi) is 4.88. The third-order valence-electron chi connectivity index (χ3n) is 5.11. The van der Waals surface area contributed by atoms with Crippen LogP contribution in [0.4, 0.5) is 0 Å². The molecule has 1 aromatic heterocycles. The van der Waals surface area contributed by atoms with Crippen LogP contribution in [0.25, 0.3) is 0 Å². The molecular weight excluding hydrogens is 338 g/mol. The minimum atomic E-state index is -0.516. The molecule has 1 aromatic rings. The van der Waals surface area contributed by atoms with Crippen molar-refractivity contribution in [2.45, 2.75) is 18.6 Å². The van der Waals surface area contributed by atoms with Gasteiger partial charge in [0.05, 0.1) is 26.4 Å². The first-order valence-corrected chi connectivity index (χ1v) is 9.08. The molecule has 4 heterocycles. The molecule has 3 aliphatic rings. The topological polar surface area (TPSA) is 81.2 Å². The zero-order valence-corrected chi connectivity index (χ0v) is 14.7. The lowest BCUT2D eigenvalue weighted by Crippen LogP contribution is -2.47. The van der Waals surface area contributed by atoms with Crippen LogP contribution in [0.2, 0.25) is 0 Å². The Morgan fingerprint density at radius 1 is 0.846 bits per heavy atom. The number of piperidine rings is 1. The Balaban J connectivity index is 1.42. The predicted octanol–water partition coefficient (Wildman–Crippen LogP) is 0.533. The second-order valence-corrected chi connectivity index (χ2v) is 6.71. The lowest BCUT2D eigenvalue weighted by molar-refractivity contribution is -0.181. The van der Waals surface area contributed by atoms with Crippen molar-refractivity contribution in [2.75, 3.05) is 52.6 Å². The summed E-state index contributed by atoms with van der Waals surface area (Å²) in [4.78, 5) is 33.1. The van der Waals surface area contributed by atoms with Crippen molar-refractivity contribution in [1.29, 1.82) is 0 Å². The van der Waals surface area contributed by atoms with Crippen LogP contribution in [0, 0.1) is 0 Å². The average Bonchev–Trinajstić information content (AvgIpc) is 3.16. The van der Waals surface area contributed by atoms with Crippen LogP contribution in [-0.2, 0) is 14.2 Å². The highest BCUT2D eigenvalue weighted by atomic mass is 16.7. The molecular formula is C18H23N3O5. The van der Waals surface area contributed by atoms with E-state index in [1.165, 1.54) is 0 Å². The molecule has 0 radical (unpaired) electrons. The molecule has 1 spiro atoms. The second kappa shape index (κ2) is 7.30. The average molecular weight is 361 g/mol. The first-order valence-electron chi connectivity index (χ1n) is 9.08. The summed E-state index contributed by atoms with van der Waals surface area (Å²) in [6.45, 7) is 4.50. The van der Waals surface area contributed by atoms with E-state index in [0.29, 0.717) is 76.8 Å². The summed E-state index contributed by atoms with van der Waals surface area (Å²) in [7, 11) is 0. The van der Waals surface area contributed by atoms with Crippen LogP contribution in [0.1, 0.15) is 33.8 Å². The number of carbonyl (C=O) groups is 2. The number of amides is 2. The molecule has 26 heavy (non-hydrogen) atoms. The van der Waals surface area contributed by atoms with E-state index >= 15 is 0 Å². The number of carbonyl (C=O) groups excluding carboxylic acids is 2. The summed E-state index contributed by atoms with van der Waals surface area (Å²) < 4.78 is 16.7. The third kappa shape index (κ3) is 3.44. The van der Waals surface area contributed by atoms with Crippen molar-refractivity contribution in [2.24, 2.45) is 0 Å². The van der Waals surface area contributed by atoms with E-state index in [0.717, 1.165) is 0 Å². The van der Waals surface area contributed by atoms with Crippen LogP contribution in [-0.4, -0.2) is 85.0 Å². The van der Waals surface area contributed by atoms with Crippen molar-refractivity contribution >= 4 is 11.8 Å². The van der Waals surface area contributed by atoms with E-state index in [1.54, 1.807) is 28.0 Å². The molecule has 0 aromatic carbocycles. The van der Waals surface area contributed by atoms with Gasteiger partial charge in [0.1, 0.15) is 11.4 Å². The molecule has 0 N–H and O–H groups in total. The Hall–Kier alpha value is -2.03. The molecule has 140 valence electrons. The van der Waals surface area contributed by atoms with E-state index in [-0.39, 0.29) is 11.8 Å². The van der Waals surface area contributed by atoms with Gasteiger partial charge in [-0.2, -0.15) is 0 Å². The van der Waals surface area contributed by atoms with Crippen molar-refractivity contribution < 1.29 is 23.8 Å². The van der Waals surface area contributed by atoms with Gasteiger partial charge in [-0.1, -0.05) is 6.07 Å². The van der Waals surface area contributed by atoms with Crippen molar-refractivity contribution in [3.63, 3.8) is 0 Å². The number of hydrogen-bond acceptors (Lipinski definition) is 6. The number of rotatable bonds is 2. The zero-order chi connectivity index (χ0) is 18.0. The summed E-state index contributed by atoms with van der Waals surface area (Å²) >= 11 is 0. The quantitative estimate of drug-likeness (QED) is 0.765. The van der Waals surface area contributed by atoms with Gasteiger partial charge in [0.15, 0.2) is 5.79 Å². The van der Waals surface area contributed by atoms with Gasteiger partial charge in [-0.3, -0.25) is 9.59 Å². The molecule has 8 nitrogen and oxygen atoms in total. The Morgan fingerprint density at radius 2 is 1.38 bits per heavy atom. The first-order chi connectivity index (χ1) is 12.7. The van der Waals surface area contributed by atoms with Crippen LogP contribution in [0.15, 0.2) is 18.2 Å². The molecule has 0 atom stereocenters. The number of morpholine rings is 1. The van der Waals surface area contributed by atoms with Gasteiger partial charge >= 0.3 is 0 Å². The van der Waals surface area contributed by atoms with Crippen molar-refractivity contribution in [3.05, 3.63) is 29.6 Å². The lowest BCUT2D eigenvalue weighted by atomic mass is 10.0.